The first-order chi connectivity index (χ1) is 14.8. The predicted molar refractivity (Wildman–Crippen MR) is 115 cm³/mol. The van der Waals surface area contributed by atoms with Crippen molar-refractivity contribution in [3.63, 3.8) is 0 Å². The van der Waals surface area contributed by atoms with Gasteiger partial charge in [-0.3, -0.25) is 14.4 Å². The molecule has 31 heavy (non-hydrogen) atoms. The lowest BCUT2D eigenvalue weighted by Gasteiger charge is -2.15. The highest BCUT2D eigenvalue weighted by molar-refractivity contribution is 6.09. The number of aryl methyl sites for hydroxylation is 1. The second-order valence-electron chi connectivity index (χ2n) is 8.22. The first-order valence-electron chi connectivity index (χ1n) is 10.7. The van der Waals surface area contributed by atoms with Crippen LogP contribution in [0.25, 0.3) is 6.08 Å². The molecule has 1 unspecified atom stereocenters. The van der Waals surface area contributed by atoms with Crippen molar-refractivity contribution >= 4 is 23.8 Å². The van der Waals surface area contributed by atoms with Gasteiger partial charge in [-0.05, 0) is 44.4 Å². The molecule has 0 radical (unpaired) electrons. The fourth-order valence-corrected chi connectivity index (χ4v) is 4.39. The summed E-state index contributed by atoms with van der Waals surface area (Å²) in [4.78, 5) is 41.8. The molecular formula is C23H27FN4O3. The lowest BCUT2D eigenvalue weighted by atomic mass is 9.97. The van der Waals surface area contributed by atoms with Crippen molar-refractivity contribution in [2.24, 2.45) is 0 Å². The number of nitrogens with zero attached hydrogens (tertiary/aromatic N) is 1. The van der Waals surface area contributed by atoms with Gasteiger partial charge in [-0.1, -0.05) is 6.08 Å². The Bertz CT molecular complexity index is 1030. The molecule has 164 valence electrons. The van der Waals surface area contributed by atoms with Crippen LogP contribution in [-0.4, -0.2) is 53.4 Å². The maximum Gasteiger partial charge on any atom is 0.256 e. The van der Waals surface area contributed by atoms with Crippen LogP contribution in [0, 0.1) is 13.8 Å². The molecule has 0 bridgehead atoms. The summed E-state index contributed by atoms with van der Waals surface area (Å²) in [5.74, 6) is -0.288. The van der Waals surface area contributed by atoms with Gasteiger partial charge in [-0.15, -0.1) is 0 Å². The Hall–Kier alpha value is -3.16. The highest BCUT2D eigenvalue weighted by atomic mass is 19.1. The van der Waals surface area contributed by atoms with E-state index in [1.165, 1.54) is 6.08 Å². The molecule has 1 aromatic heterocycles. The van der Waals surface area contributed by atoms with E-state index < -0.39 is 6.17 Å². The number of hydrogen-bond acceptors (Lipinski definition) is 3. The second-order valence-corrected chi connectivity index (χ2v) is 8.22. The van der Waals surface area contributed by atoms with E-state index in [0.29, 0.717) is 59.7 Å². The van der Waals surface area contributed by atoms with Crippen molar-refractivity contribution < 1.29 is 18.8 Å². The normalized spacial score (nSPS) is 21.8. The molecule has 2 fully saturated rings. The number of likely N-dealkylation sites (tertiary alicyclic amines) is 1. The summed E-state index contributed by atoms with van der Waals surface area (Å²) in [6.45, 7) is 5.56. The van der Waals surface area contributed by atoms with E-state index >= 15 is 0 Å². The third-order valence-corrected chi connectivity index (χ3v) is 6.02. The first kappa shape index (κ1) is 21.1. The maximum absolute atomic E-state index is 13.8. The van der Waals surface area contributed by atoms with Crippen LogP contribution in [-0.2, 0) is 9.59 Å². The number of alkyl halides is 1. The molecule has 1 aliphatic carbocycles. The summed E-state index contributed by atoms with van der Waals surface area (Å²) < 4.78 is 13.8. The fourth-order valence-electron chi connectivity index (χ4n) is 4.39. The minimum atomic E-state index is -1.11. The third kappa shape index (κ3) is 4.19. The van der Waals surface area contributed by atoms with Gasteiger partial charge in [0.15, 0.2) is 0 Å². The molecule has 0 saturated carbocycles. The van der Waals surface area contributed by atoms with E-state index in [9.17, 15) is 18.8 Å². The summed E-state index contributed by atoms with van der Waals surface area (Å²) >= 11 is 0. The second kappa shape index (κ2) is 8.53. The molecule has 4 rings (SSSR count). The average Bonchev–Trinajstić information content (AvgIpc) is 3.35. The van der Waals surface area contributed by atoms with E-state index in [-0.39, 0.29) is 24.1 Å². The minimum absolute atomic E-state index is 0.183. The number of carbonyl (C=O) groups excluding carboxylic acids is 3. The van der Waals surface area contributed by atoms with Crippen LogP contribution in [0.4, 0.5) is 4.39 Å². The van der Waals surface area contributed by atoms with Crippen LogP contribution < -0.4 is 10.6 Å². The predicted octanol–water partition coefficient (Wildman–Crippen LogP) is 2.44. The van der Waals surface area contributed by atoms with Crippen LogP contribution in [0.3, 0.4) is 0 Å². The summed E-state index contributed by atoms with van der Waals surface area (Å²) in [6.07, 6.45) is 6.20. The number of aromatic amines is 1. The Morgan fingerprint density at radius 1 is 1.35 bits per heavy atom. The van der Waals surface area contributed by atoms with Gasteiger partial charge in [-0.25, -0.2) is 4.39 Å². The molecular weight excluding hydrogens is 399 g/mol. The zero-order valence-electron chi connectivity index (χ0n) is 17.8. The SMILES string of the molecule is Cc1[nH]c(/C=C2\C(=O)NC3=CCC(F)C=C32)c(C)c1C(=O)NCCCN1CCCC1=O. The molecule has 3 amide bonds. The quantitative estimate of drug-likeness (QED) is 0.482. The number of allylic oxidation sites excluding steroid dienone is 3. The highest BCUT2D eigenvalue weighted by Gasteiger charge is 2.31. The van der Waals surface area contributed by atoms with E-state index in [4.69, 9.17) is 0 Å². The molecule has 0 aromatic carbocycles. The number of hydrogen-bond donors (Lipinski definition) is 3. The van der Waals surface area contributed by atoms with Crippen molar-refractivity contribution in [3.05, 3.63) is 51.5 Å². The van der Waals surface area contributed by atoms with E-state index in [1.54, 1.807) is 12.2 Å². The number of aromatic nitrogens is 1. The molecule has 2 saturated heterocycles. The molecule has 3 heterocycles. The fraction of sp³-hybridized carbons (Fsp3) is 0.435. The Kier molecular flexibility index (Phi) is 5.80. The van der Waals surface area contributed by atoms with Gasteiger partial charge in [0, 0.05) is 55.1 Å². The molecule has 1 atom stereocenters. The van der Waals surface area contributed by atoms with E-state index in [0.717, 1.165) is 18.5 Å². The summed E-state index contributed by atoms with van der Waals surface area (Å²) in [5.41, 5.74) is 4.22. The minimum Gasteiger partial charge on any atom is -0.358 e. The Balaban J connectivity index is 1.45. The number of halogens is 1. The van der Waals surface area contributed by atoms with Crippen LogP contribution in [0.2, 0.25) is 0 Å². The standard InChI is InChI=1S/C23H27FN4O3/c1-13-19(12-17-16-11-15(24)6-7-18(16)27-22(17)30)26-14(2)21(13)23(31)25-8-4-10-28-9-3-5-20(28)29/h7,11-12,15,26H,3-6,8-10H2,1-2H3,(H,25,31)(H,27,30)/b17-12-. The highest BCUT2D eigenvalue weighted by Crippen LogP contribution is 2.33. The lowest BCUT2D eigenvalue weighted by Crippen LogP contribution is -2.31. The Labute approximate surface area is 180 Å². The number of rotatable bonds is 6. The van der Waals surface area contributed by atoms with Crippen LogP contribution in [0.15, 0.2) is 29.0 Å². The van der Waals surface area contributed by atoms with Gasteiger partial charge >= 0.3 is 0 Å². The van der Waals surface area contributed by atoms with Crippen LogP contribution in [0.1, 0.15) is 53.0 Å². The molecule has 1 aromatic rings. The zero-order valence-corrected chi connectivity index (χ0v) is 17.8. The summed E-state index contributed by atoms with van der Waals surface area (Å²) in [5, 5.41) is 5.69. The summed E-state index contributed by atoms with van der Waals surface area (Å²) in [6, 6.07) is 0. The molecule has 8 heteroatoms. The summed E-state index contributed by atoms with van der Waals surface area (Å²) in [7, 11) is 0. The lowest BCUT2D eigenvalue weighted by molar-refractivity contribution is -0.127. The van der Waals surface area contributed by atoms with Gasteiger partial charge < -0.3 is 20.5 Å². The Morgan fingerprint density at radius 2 is 2.16 bits per heavy atom. The van der Waals surface area contributed by atoms with Crippen molar-refractivity contribution in [1.29, 1.82) is 0 Å². The van der Waals surface area contributed by atoms with Crippen molar-refractivity contribution in [2.75, 3.05) is 19.6 Å². The van der Waals surface area contributed by atoms with Crippen molar-refractivity contribution in [1.82, 2.24) is 20.5 Å². The smallest absolute Gasteiger partial charge is 0.256 e. The maximum atomic E-state index is 13.8. The van der Waals surface area contributed by atoms with Gasteiger partial charge in [0.05, 0.1) is 11.1 Å². The molecule has 2 aliphatic heterocycles. The first-order valence-corrected chi connectivity index (χ1v) is 10.7. The van der Waals surface area contributed by atoms with Crippen LogP contribution >= 0.6 is 0 Å². The number of H-pyrrole nitrogens is 1. The Morgan fingerprint density at radius 3 is 2.90 bits per heavy atom. The number of nitrogens with one attached hydrogen (secondary N) is 3. The van der Waals surface area contributed by atoms with E-state index in [2.05, 4.69) is 15.6 Å². The topological polar surface area (TPSA) is 94.3 Å². The van der Waals surface area contributed by atoms with Gasteiger partial charge in [0.2, 0.25) is 5.91 Å². The van der Waals surface area contributed by atoms with Crippen molar-refractivity contribution in [3.8, 4) is 0 Å². The van der Waals surface area contributed by atoms with Crippen molar-refractivity contribution in [2.45, 2.75) is 45.7 Å². The van der Waals surface area contributed by atoms with Crippen LogP contribution in [0.5, 0.6) is 0 Å². The average molecular weight is 426 g/mol. The third-order valence-electron chi connectivity index (χ3n) is 6.02. The van der Waals surface area contributed by atoms with E-state index in [1.807, 2.05) is 18.7 Å². The number of fused-ring (bicyclic) bond motifs is 1. The molecule has 7 nitrogen and oxygen atoms in total. The largest absolute Gasteiger partial charge is 0.358 e. The number of carbonyl (C=O) groups is 3. The van der Waals surface area contributed by atoms with Gasteiger partial charge in [0.1, 0.15) is 6.17 Å². The molecule has 3 aliphatic rings. The monoisotopic (exact) mass is 426 g/mol. The number of amides is 3. The zero-order chi connectivity index (χ0) is 22.1. The molecule has 3 N–H and O–H groups in total. The molecule has 0 spiro atoms. The van der Waals surface area contributed by atoms with Gasteiger partial charge in [-0.2, -0.15) is 0 Å². The van der Waals surface area contributed by atoms with Gasteiger partial charge in [0.25, 0.3) is 11.8 Å².